The number of amides is 3. The molecule has 4 aliphatic heterocycles. The van der Waals surface area contributed by atoms with Gasteiger partial charge in [0.2, 0.25) is 17.7 Å². The lowest BCUT2D eigenvalue weighted by atomic mass is 9.70. The highest BCUT2D eigenvalue weighted by molar-refractivity contribution is 5.98. The molecule has 51 heavy (non-hydrogen) atoms. The zero-order valence-electron chi connectivity index (χ0n) is 29.8. The Morgan fingerprint density at radius 2 is 1.90 bits per heavy atom. The van der Waals surface area contributed by atoms with Crippen LogP contribution in [0.1, 0.15) is 50.2 Å². The van der Waals surface area contributed by atoms with Crippen molar-refractivity contribution in [1.29, 1.82) is 0 Å². The third-order valence-electron chi connectivity index (χ3n) is 10.6. The Balaban J connectivity index is 1.43. The van der Waals surface area contributed by atoms with Crippen LogP contribution >= 0.6 is 0 Å². The Morgan fingerprint density at radius 1 is 1.14 bits per heavy atom. The van der Waals surface area contributed by atoms with Crippen molar-refractivity contribution in [2.75, 3.05) is 72.8 Å². The van der Waals surface area contributed by atoms with Crippen molar-refractivity contribution >= 4 is 23.7 Å². The average molecular weight is 711 g/mol. The van der Waals surface area contributed by atoms with Crippen LogP contribution in [0.2, 0.25) is 0 Å². The molecule has 5 rings (SSSR count). The van der Waals surface area contributed by atoms with E-state index in [1.165, 1.54) is 7.11 Å². The van der Waals surface area contributed by atoms with Crippen LogP contribution in [0.15, 0.2) is 55.6 Å². The van der Waals surface area contributed by atoms with Gasteiger partial charge in [0.1, 0.15) is 17.7 Å². The van der Waals surface area contributed by atoms with Crippen molar-refractivity contribution in [1.82, 2.24) is 20.0 Å². The van der Waals surface area contributed by atoms with Crippen LogP contribution in [-0.4, -0.2) is 140 Å². The molecule has 0 aliphatic carbocycles. The molecule has 2 bridgehead atoms. The summed E-state index contributed by atoms with van der Waals surface area (Å²) in [5.74, 6) is -3.27. The minimum Gasteiger partial charge on any atom is -0.455 e. The number of carbonyl (C=O) groups is 4. The van der Waals surface area contributed by atoms with E-state index in [1.54, 1.807) is 22.0 Å². The van der Waals surface area contributed by atoms with Crippen LogP contribution in [0.5, 0.6) is 0 Å². The number of esters is 1. The first kappa shape index (κ1) is 38.6. The van der Waals surface area contributed by atoms with Gasteiger partial charge in [-0.25, -0.2) is 0 Å². The predicted octanol–water partition coefficient (Wildman–Crippen LogP) is 1.86. The Kier molecular flexibility index (Phi) is 13.8. The number of aliphatic hydroxyl groups is 1. The first-order chi connectivity index (χ1) is 24.8. The number of carbonyl (C=O) groups excluding carboxylic acids is 4. The molecule has 0 saturated carbocycles. The molecule has 4 saturated heterocycles. The smallest absolute Gasteiger partial charge is 0.313 e. The minimum atomic E-state index is -1.20. The van der Waals surface area contributed by atoms with Gasteiger partial charge in [-0.3, -0.25) is 24.1 Å². The minimum absolute atomic E-state index is 0.0431. The average Bonchev–Trinajstić information content (AvgIpc) is 3.79. The first-order valence-electron chi connectivity index (χ1n) is 18.2. The van der Waals surface area contributed by atoms with Crippen LogP contribution in [-0.2, 0) is 38.1 Å². The van der Waals surface area contributed by atoms with Gasteiger partial charge in [-0.15, -0.1) is 13.2 Å². The van der Waals surface area contributed by atoms with Gasteiger partial charge in [-0.2, -0.15) is 0 Å². The maximum Gasteiger partial charge on any atom is 0.313 e. The van der Waals surface area contributed by atoms with E-state index in [0.717, 1.165) is 13.1 Å². The fraction of sp³-hybridized carbons (Fsp3) is 0.632. The summed E-state index contributed by atoms with van der Waals surface area (Å²) in [6, 6.07) is 7.48. The van der Waals surface area contributed by atoms with Crippen molar-refractivity contribution < 1.29 is 43.2 Å². The Labute approximate surface area is 300 Å². The van der Waals surface area contributed by atoms with Crippen molar-refractivity contribution in [3.05, 3.63) is 61.2 Å². The van der Waals surface area contributed by atoms with Gasteiger partial charge in [0.25, 0.3) is 0 Å². The fourth-order valence-corrected chi connectivity index (χ4v) is 8.17. The Bertz CT molecular complexity index is 1370. The third-order valence-corrected chi connectivity index (χ3v) is 10.6. The Hall–Kier alpha value is -3.62. The zero-order chi connectivity index (χ0) is 36.4. The molecule has 280 valence electrons. The predicted molar refractivity (Wildman–Crippen MR) is 188 cm³/mol. The number of hydrogen-bond acceptors (Lipinski definition) is 10. The topological polar surface area (TPSA) is 147 Å². The molecule has 4 aliphatic rings. The molecule has 3 amide bonds. The van der Waals surface area contributed by atoms with Crippen molar-refractivity contribution in [2.24, 2.45) is 11.8 Å². The third kappa shape index (κ3) is 8.55. The summed E-state index contributed by atoms with van der Waals surface area (Å²) < 4.78 is 23.9. The number of morpholine rings is 1. The number of allylic oxidation sites excluding steroid dienone is 1. The van der Waals surface area contributed by atoms with E-state index in [0.29, 0.717) is 70.5 Å². The van der Waals surface area contributed by atoms with Gasteiger partial charge >= 0.3 is 5.97 Å². The molecule has 13 nitrogen and oxygen atoms in total. The second-order valence-corrected chi connectivity index (χ2v) is 13.8. The quantitative estimate of drug-likeness (QED) is 0.117. The summed E-state index contributed by atoms with van der Waals surface area (Å²) in [6.45, 7) is 12.1. The van der Waals surface area contributed by atoms with E-state index >= 15 is 0 Å². The summed E-state index contributed by atoms with van der Waals surface area (Å²) in [5, 5.41) is 12.5. The number of rotatable bonds is 20. The lowest BCUT2D eigenvalue weighted by Gasteiger charge is -2.37. The van der Waals surface area contributed by atoms with Crippen LogP contribution in [0.3, 0.4) is 0 Å². The van der Waals surface area contributed by atoms with Crippen molar-refractivity contribution in [2.45, 2.75) is 68.4 Å². The number of likely N-dealkylation sites (tertiary alicyclic amines) is 1. The number of benzene rings is 1. The highest BCUT2D eigenvalue weighted by atomic mass is 16.6. The fourth-order valence-electron chi connectivity index (χ4n) is 8.17. The van der Waals surface area contributed by atoms with Gasteiger partial charge < -0.3 is 39.2 Å². The van der Waals surface area contributed by atoms with E-state index in [4.69, 9.17) is 18.9 Å². The van der Waals surface area contributed by atoms with Crippen molar-refractivity contribution in [3.63, 3.8) is 0 Å². The molecule has 2 N–H and O–H groups in total. The largest absolute Gasteiger partial charge is 0.455 e. The van der Waals surface area contributed by atoms with E-state index in [-0.39, 0.29) is 43.9 Å². The maximum atomic E-state index is 14.6. The van der Waals surface area contributed by atoms with E-state index < -0.39 is 47.7 Å². The molecule has 1 aromatic carbocycles. The number of fused-ring (bicyclic) bond motifs is 1. The normalized spacial score (nSPS) is 26.7. The number of hydrogen-bond donors (Lipinski definition) is 2. The highest BCUT2D eigenvalue weighted by Crippen LogP contribution is 2.59. The summed E-state index contributed by atoms with van der Waals surface area (Å²) in [7, 11) is 1.51. The number of aliphatic hydroxyl groups excluding tert-OH is 1. The van der Waals surface area contributed by atoms with Crippen molar-refractivity contribution in [3.8, 4) is 0 Å². The molecule has 0 unspecified atom stereocenters. The standard InChI is InChI=1S/C38H54N4O9/c1-4-6-14-30(44)39-28(26-48-3)33(27-12-8-7-9-13-27)50-37(47)31-29-15-16-38(51-29)32(31)35(45)42(18-10-11-23-43)34(38)36(46)41(17-5-2)20-19-40-21-24-49-25-22-40/h4-5,7-9,12-13,28-29,31-34,43H,1-2,6,10-11,14-26H2,3H3,(H,39,44)/t28-,29+,31-,32-,33-,34+,38-/m0/s1. The molecular weight excluding hydrogens is 656 g/mol. The molecule has 4 heterocycles. The molecule has 7 atom stereocenters. The second kappa shape index (κ2) is 18.2. The second-order valence-electron chi connectivity index (χ2n) is 13.8. The van der Waals surface area contributed by atoms with Gasteiger partial charge in [-0.1, -0.05) is 42.5 Å². The number of ether oxygens (including phenoxy) is 4. The highest BCUT2D eigenvalue weighted by Gasteiger charge is 2.75. The SMILES string of the molecule is C=CCCC(=O)N[C@@H](COC)[C@@H](OC(=O)[C@@H]1[C@H]2C(=O)N(CCCCO)[C@H](C(=O)N(CC=C)CCN3CCOCC3)[C@]23CC[C@H]1O3)c1ccccc1. The molecule has 1 aromatic rings. The van der Waals surface area contributed by atoms with E-state index in [9.17, 15) is 24.3 Å². The van der Waals surface area contributed by atoms with Crippen LogP contribution in [0.25, 0.3) is 0 Å². The summed E-state index contributed by atoms with van der Waals surface area (Å²) >= 11 is 0. The molecular formula is C38H54N4O9. The molecule has 0 aromatic heterocycles. The summed E-state index contributed by atoms with van der Waals surface area (Å²) in [6.07, 6.45) is 4.41. The molecule has 0 radical (unpaired) electrons. The van der Waals surface area contributed by atoms with E-state index in [1.807, 2.05) is 30.3 Å². The summed E-state index contributed by atoms with van der Waals surface area (Å²) in [5.41, 5.74) is -0.541. The zero-order valence-corrected chi connectivity index (χ0v) is 29.8. The summed E-state index contributed by atoms with van der Waals surface area (Å²) in [4.78, 5) is 62.0. The number of nitrogens with zero attached hydrogens (tertiary/aromatic N) is 3. The monoisotopic (exact) mass is 710 g/mol. The molecule has 1 spiro atoms. The maximum absolute atomic E-state index is 14.6. The van der Waals surface area contributed by atoms with Crippen LogP contribution in [0, 0.1) is 11.8 Å². The van der Waals surface area contributed by atoms with Gasteiger partial charge in [0.15, 0.2) is 0 Å². The van der Waals surface area contributed by atoms with Crippen LogP contribution < -0.4 is 5.32 Å². The number of unbranched alkanes of at least 4 members (excludes halogenated alkanes) is 1. The molecule has 4 fully saturated rings. The van der Waals surface area contributed by atoms with E-state index in [2.05, 4.69) is 23.4 Å². The Morgan fingerprint density at radius 3 is 2.59 bits per heavy atom. The number of nitrogens with one attached hydrogen (secondary N) is 1. The first-order valence-corrected chi connectivity index (χ1v) is 18.2. The van der Waals surface area contributed by atoms with Gasteiger partial charge in [0.05, 0.1) is 43.8 Å². The van der Waals surface area contributed by atoms with Crippen LogP contribution in [0.4, 0.5) is 0 Å². The number of methoxy groups -OCH3 is 1. The lowest BCUT2D eigenvalue weighted by Crippen LogP contribution is -2.57. The lowest BCUT2D eigenvalue weighted by molar-refractivity contribution is -0.163. The molecule has 13 heteroatoms. The van der Waals surface area contributed by atoms with Gasteiger partial charge in [-0.05, 0) is 37.7 Å². The van der Waals surface area contributed by atoms with Gasteiger partial charge in [0, 0.05) is 59.4 Å².